The molecular weight excluding hydrogens is 729 g/mol. The summed E-state index contributed by atoms with van der Waals surface area (Å²) in [7, 11) is 0. The highest BCUT2D eigenvalue weighted by Gasteiger charge is 2.27. The number of benzene rings is 8. The highest BCUT2D eigenvalue weighted by atomic mass is 32.1. The van der Waals surface area contributed by atoms with Gasteiger partial charge in [-0.2, -0.15) is 0 Å². The topological polar surface area (TPSA) is 48.8 Å². The van der Waals surface area contributed by atoms with Crippen molar-refractivity contribution >= 4 is 97.2 Å². The Labute approximate surface area is 334 Å². The van der Waals surface area contributed by atoms with Crippen LogP contribution in [0.25, 0.3) is 131 Å². The van der Waals surface area contributed by atoms with Crippen LogP contribution in [0.2, 0.25) is 0 Å². The normalized spacial score (nSPS) is 12.5. The van der Waals surface area contributed by atoms with Crippen molar-refractivity contribution in [3.8, 4) is 45.1 Å². The molecule has 5 nitrogen and oxygen atoms in total. The SMILES string of the molecule is c1ccc2c(c1)-c1ccccc1-n1c3cc4c5ccccc5n(-c5nc(-c6cccc7oc8ccccc8c67)c6sc7ccccc7c6n5)c4cc3c3cccc-2c31. The molecule has 0 saturated carbocycles. The molecule has 13 aromatic rings. The van der Waals surface area contributed by atoms with E-state index in [1.165, 1.54) is 54.4 Å². The van der Waals surface area contributed by atoms with Crippen molar-refractivity contribution in [1.82, 2.24) is 19.1 Å². The zero-order chi connectivity index (χ0) is 37.6. The van der Waals surface area contributed by atoms with Crippen molar-refractivity contribution in [2.45, 2.75) is 0 Å². The number of hydrogen-bond donors (Lipinski definition) is 0. The van der Waals surface area contributed by atoms with Crippen molar-refractivity contribution in [3.05, 3.63) is 170 Å². The minimum atomic E-state index is 0.645. The number of hydrogen-bond acceptors (Lipinski definition) is 4. The summed E-state index contributed by atoms with van der Waals surface area (Å²) in [5.41, 5.74) is 15.3. The molecule has 0 unspecified atom stereocenters. The van der Waals surface area contributed by atoms with E-state index in [4.69, 9.17) is 14.4 Å². The highest BCUT2D eigenvalue weighted by molar-refractivity contribution is 7.26. The monoisotopic (exact) mass is 756 g/mol. The first kappa shape index (κ1) is 30.7. The van der Waals surface area contributed by atoms with Gasteiger partial charge in [-0.1, -0.05) is 127 Å². The summed E-state index contributed by atoms with van der Waals surface area (Å²) in [6.45, 7) is 0. The standard InChI is InChI=1S/C52H28N4OS/c1-2-14-30-29(13-1)31-15-3-7-22-40(31)55-42-27-38-32-16-4-8-23-41(32)56(43(38)28-39(42)34-20-11-19-33(30)50(34)55)52-53-48-36-18-6-10-26-46(36)58-51(48)49(54-52)37-21-12-25-45-47(37)35-17-5-9-24-44(35)57-45/h1-28H. The van der Waals surface area contributed by atoms with Crippen LogP contribution in [0.4, 0.5) is 0 Å². The summed E-state index contributed by atoms with van der Waals surface area (Å²) >= 11 is 1.75. The molecule has 8 aromatic carbocycles. The van der Waals surface area contributed by atoms with Crippen LogP contribution in [0, 0.1) is 0 Å². The maximum atomic E-state index is 6.41. The van der Waals surface area contributed by atoms with Gasteiger partial charge in [0.05, 0.1) is 43.7 Å². The molecule has 0 N–H and O–H groups in total. The van der Waals surface area contributed by atoms with Gasteiger partial charge in [0.25, 0.3) is 0 Å². The van der Waals surface area contributed by atoms with Gasteiger partial charge >= 0.3 is 0 Å². The smallest absolute Gasteiger partial charge is 0.235 e. The van der Waals surface area contributed by atoms with E-state index in [-0.39, 0.29) is 0 Å². The lowest BCUT2D eigenvalue weighted by atomic mass is 9.94. The van der Waals surface area contributed by atoms with Gasteiger partial charge in [0, 0.05) is 59.1 Å². The average Bonchev–Trinajstić information content (AvgIpc) is 4.01. The fraction of sp³-hybridized carbons (Fsp3) is 0. The minimum Gasteiger partial charge on any atom is -0.456 e. The lowest BCUT2D eigenvalue weighted by Gasteiger charge is -2.12. The van der Waals surface area contributed by atoms with Gasteiger partial charge in [0.1, 0.15) is 11.2 Å². The summed E-state index contributed by atoms with van der Waals surface area (Å²) < 4.78 is 13.4. The second-order valence-electron chi connectivity index (χ2n) is 15.3. The zero-order valence-corrected chi connectivity index (χ0v) is 31.6. The summed E-state index contributed by atoms with van der Waals surface area (Å²) in [6, 6.07) is 61.1. The van der Waals surface area contributed by atoms with Crippen LogP contribution in [0.15, 0.2) is 174 Å². The molecule has 58 heavy (non-hydrogen) atoms. The number of thiophene rings is 1. The molecular formula is C52H28N4OS. The fourth-order valence-corrected chi connectivity index (χ4v) is 11.0. The lowest BCUT2D eigenvalue weighted by molar-refractivity contribution is 0.669. The molecule has 6 heterocycles. The third-order valence-corrected chi connectivity index (χ3v) is 13.5. The van der Waals surface area contributed by atoms with Crippen LogP contribution < -0.4 is 0 Å². The Morgan fingerprint density at radius 3 is 1.95 bits per heavy atom. The van der Waals surface area contributed by atoms with E-state index < -0.39 is 0 Å². The van der Waals surface area contributed by atoms with E-state index in [2.05, 4.69) is 167 Å². The molecule has 0 bridgehead atoms. The van der Waals surface area contributed by atoms with Gasteiger partial charge < -0.3 is 8.98 Å². The second-order valence-corrected chi connectivity index (χ2v) is 16.3. The molecule has 0 atom stereocenters. The maximum absolute atomic E-state index is 6.41. The molecule has 0 saturated heterocycles. The zero-order valence-electron chi connectivity index (χ0n) is 30.8. The number of para-hydroxylation sites is 4. The second kappa shape index (κ2) is 11.1. The fourth-order valence-electron chi connectivity index (χ4n) is 9.89. The largest absolute Gasteiger partial charge is 0.456 e. The third kappa shape index (κ3) is 3.89. The Hall–Kier alpha value is -7.54. The van der Waals surface area contributed by atoms with Crippen molar-refractivity contribution < 1.29 is 4.42 Å². The maximum Gasteiger partial charge on any atom is 0.235 e. The number of furan rings is 1. The van der Waals surface area contributed by atoms with E-state index in [9.17, 15) is 0 Å². The predicted molar refractivity (Wildman–Crippen MR) is 241 cm³/mol. The van der Waals surface area contributed by atoms with E-state index in [0.29, 0.717) is 5.95 Å². The van der Waals surface area contributed by atoms with Crippen molar-refractivity contribution in [2.75, 3.05) is 0 Å². The number of aromatic nitrogens is 4. The number of fused-ring (bicyclic) bond motifs is 17. The summed E-state index contributed by atoms with van der Waals surface area (Å²) in [5.74, 6) is 0.645. The molecule has 0 amide bonds. The Bertz CT molecular complexity index is 3940. The Morgan fingerprint density at radius 2 is 1.05 bits per heavy atom. The van der Waals surface area contributed by atoms with E-state index in [1.54, 1.807) is 11.3 Å². The predicted octanol–water partition coefficient (Wildman–Crippen LogP) is 14.3. The molecule has 1 aliphatic rings. The molecule has 0 spiro atoms. The van der Waals surface area contributed by atoms with Gasteiger partial charge in [0.2, 0.25) is 5.95 Å². The number of rotatable bonds is 2. The minimum absolute atomic E-state index is 0.645. The molecule has 268 valence electrons. The van der Waals surface area contributed by atoms with E-state index >= 15 is 0 Å². The number of nitrogens with zero attached hydrogens (tertiary/aromatic N) is 4. The van der Waals surface area contributed by atoms with Gasteiger partial charge in [0.15, 0.2) is 0 Å². The van der Waals surface area contributed by atoms with E-state index in [0.717, 1.165) is 70.6 Å². The summed E-state index contributed by atoms with van der Waals surface area (Å²) in [4.78, 5) is 11.1. The van der Waals surface area contributed by atoms with Crippen LogP contribution in [0.5, 0.6) is 0 Å². The quantitative estimate of drug-likeness (QED) is 0.176. The van der Waals surface area contributed by atoms with Crippen molar-refractivity contribution in [3.63, 3.8) is 0 Å². The molecule has 5 aromatic heterocycles. The lowest BCUT2D eigenvalue weighted by Crippen LogP contribution is -2.03. The Morgan fingerprint density at radius 1 is 0.431 bits per heavy atom. The van der Waals surface area contributed by atoms with Crippen LogP contribution in [-0.2, 0) is 0 Å². The molecule has 14 rings (SSSR count). The van der Waals surface area contributed by atoms with Gasteiger partial charge in [-0.25, -0.2) is 9.97 Å². The van der Waals surface area contributed by atoms with Gasteiger partial charge in [-0.05, 0) is 53.6 Å². The highest BCUT2D eigenvalue weighted by Crippen LogP contribution is 2.49. The van der Waals surface area contributed by atoms with Crippen molar-refractivity contribution in [1.29, 1.82) is 0 Å². The van der Waals surface area contributed by atoms with Gasteiger partial charge in [-0.15, -0.1) is 11.3 Å². The first-order valence-corrected chi connectivity index (χ1v) is 20.4. The molecule has 1 aliphatic heterocycles. The first-order valence-electron chi connectivity index (χ1n) is 19.6. The van der Waals surface area contributed by atoms with Crippen LogP contribution in [-0.4, -0.2) is 19.1 Å². The Kier molecular flexibility index (Phi) is 5.85. The average molecular weight is 757 g/mol. The molecule has 0 radical (unpaired) electrons. The summed E-state index contributed by atoms with van der Waals surface area (Å²) in [6.07, 6.45) is 0. The third-order valence-electron chi connectivity index (χ3n) is 12.3. The van der Waals surface area contributed by atoms with E-state index in [1.807, 2.05) is 12.1 Å². The summed E-state index contributed by atoms with van der Waals surface area (Å²) in [5, 5.41) is 8.00. The molecule has 0 aliphatic carbocycles. The molecule has 6 heteroatoms. The van der Waals surface area contributed by atoms with Crippen LogP contribution in [0.1, 0.15) is 0 Å². The van der Waals surface area contributed by atoms with Gasteiger partial charge in [-0.3, -0.25) is 4.57 Å². The van der Waals surface area contributed by atoms with Crippen LogP contribution in [0.3, 0.4) is 0 Å². The van der Waals surface area contributed by atoms with Crippen LogP contribution >= 0.6 is 11.3 Å². The first-order chi connectivity index (χ1) is 28.8. The van der Waals surface area contributed by atoms with Crippen molar-refractivity contribution in [2.24, 2.45) is 0 Å². The Balaban J connectivity index is 1.13. The molecule has 0 fully saturated rings.